The van der Waals surface area contributed by atoms with Crippen LogP contribution in [0.25, 0.3) is 16.6 Å². The summed E-state index contributed by atoms with van der Waals surface area (Å²) in [7, 11) is -4.69. The molecule has 2 saturated heterocycles. The van der Waals surface area contributed by atoms with Gasteiger partial charge in [0.25, 0.3) is 21.6 Å². The number of aromatic nitrogens is 2. The zero-order valence-electron chi connectivity index (χ0n) is 37.5. The van der Waals surface area contributed by atoms with Gasteiger partial charge in [-0.05, 0) is 85.2 Å². The second kappa shape index (κ2) is 18.0. The number of sulfonamides is 1. The Labute approximate surface area is 393 Å². The van der Waals surface area contributed by atoms with Gasteiger partial charge in [-0.2, -0.15) is 4.98 Å². The Morgan fingerprint density at radius 2 is 1.82 bits per heavy atom. The van der Waals surface area contributed by atoms with Gasteiger partial charge in [-0.1, -0.05) is 43.2 Å². The van der Waals surface area contributed by atoms with Crippen molar-refractivity contribution in [3.05, 3.63) is 105 Å². The third kappa shape index (κ3) is 9.24. The topological polar surface area (TPSA) is 194 Å². The number of allylic oxidation sites excluding steroid dienone is 1. The number of anilines is 4. The predicted octanol–water partition coefficient (Wildman–Crippen LogP) is 7.54. The zero-order valence-corrected chi connectivity index (χ0v) is 39.1. The smallest absolute Gasteiger partial charge is 0.297 e. The summed E-state index contributed by atoms with van der Waals surface area (Å²) in [6, 6.07) is 19.0. The maximum Gasteiger partial charge on any atom is 0.297 e. The first kappa shape index (κ1) is 44.9. The Balaban J connectivity index is 0.937. The minimum atomic E-state index is -4.69. The van der Waals surface area contributed by atoms with Crippen molar-refractivity contribution in [1.82, 2.24) is 19.6 Å². The van der Waals surface area contributed by atoms with Crippen molar-refractivity contribution in [2.24, 2.45) is 5.41 Å². The van der Waals surface area contributed by atoms with Crippen molar-refractivity contribution >= 4 is 72.6 Å². The maximum atomic E-state index is 14.5. The summed E-state index contributed by atoms with van der Waals surface area (Å²) < 4.78 is 53.9. The molecule has 1 aliphatic carbocycles. The van der Waals surface area contributed by atoms with E-state index in [4.69, 9.17) is 35.5 Å². The van der Waals surface area contributed by atoms with Crippen molar-refractivity contribution in [1.29, 1.82) is 0 Å². The van der Waals surface area contributed by atoms with E-state index in [0.29, 0.717) is 42.7 Å². The Kier molecular flexibility index (Phi) is 12.0. The molecule has 352 valence electrons. The average molecular weight is 954 g/mol. The number of aromatic amines is 1. The fraction of sp³-hybridized carbons (Fsp3) is 0.417. The number of halogens is 1. The minimum absolute atomic E-state index is 0.0162. The van der Waals surface area contributed by atoms with Gasteiger partial charge in [-0.25, -0.2) is 13.1 Å². The number of nitrogens with zero attached hydrogens (tertiary/aromatic N) is 5. The average Bonchev–Trinajstić information content (AvgIpc) is 3.78. The minimum Gasteiger partial charge on any atom is -0.489 e. The number of hydrogen-bond acceptors (Lipinski definition) is 14. The van der Waals surface area contributed by atoms with E-state index < -0.39 is 43.6 Å². The molecular formula is C48H53ClN8O9S. The largest absolute Gasteiger partial charge is 0.489 e. The van der Waals surface area contributed by atoms with Crippen LogP contribution in [0.1, 0.15) is 56.0 Å². The van der Waals surface area contributed by atoms with Crippen molar-refractivity contribution in [2.75, 3.05) is 80.8 Å². The first-order chi connectivity index (χ1) is 32.2. The number of ether oxygens (including phenoxy) is 4. The maximum absolute atomic E-state index is 14.5. The van der Waals surface area contributed by atoms with E-state index in [9.17, 15) is 23.3 Å². The molecule has 5 aliphatic rings. The lowest BCUT2D eigenvalue weighted by atomic mass is 9.72. The van der Waals surface area contributed by atoms with Gasteiger partial charge in [0.05, 0.1) is 53.5 Å². The number of carbonyl (C=O) groups is 1. The normalized spacial score (nSPS) is 22.0. The summed E-state index contributed by atoms with van der Waals surface area (Å²) in [6.45, 7) is 12.0. The van der Waals surface area contributed by atoms with Gasteiger partial charge in [0, 0.05) is 67.1 Å². The van der Waals surface area contributed by atoms with E-state index in [1.165, 1.54) is 22.8 Å². The fourth-order valence-electron chi connectivity index (χ4n) is 9.79. The predicted molar refractivity (Wildman–Crippen MR) is 256 cm³/mol. The first-order valence-corrected chi connectivity index (χ1v) is 24.5. The van der Waals surface area contributed by atoms with Crippen molar-refractivity contribution in [2.45, 2.75) is 63.2 Å². The number of rotatable bonds is 10. The zero-order chi connectivity index (χ0) is 46.6. The highest BCUT2D eigenvalue weighted by molar-refractivity contribution is 7.90. The second-order valence-corrected chi connectivity index (χ2v) is 20.8. The molecule has 0 saturated carbocycles. The molecule has 0 spiro atoms. The van der Waals surface area contributed by atoms with Crippen LogP contribution in [-0.2, 0) is 19.5 Å². The lowest BCUT2D eigenvalue weighted by molar-refractivity contribution is -0.384. The van der Waals surface area contributed by atoms with Crippen molar-refractivity contribution < 1.29 is 37.1 Å². The molecule has 5 aromatic rings. The lowest BCUT2D eigenvalue weighted by Crippen LogP contribution is -2.47. The summed E-state index contributed by atoms with van der Waals surface area (Å²) in [4.78, 5) is 40.3. The number of nitro groups is 1. The van der Waals surface area contributed by atoms with Crippen LogP contribution >= 0.6 is 11.6 Å². The standard InChI is InChI=1S/C48H53ClN8O9S/c1-29-25-56(41-20-31-11-13-50-45(31)52-47(41)66-29)39-21-34(55-16-14-54(15-17-55)26-32-10-12-48(2,3)24-37(32)30-4-6-33(49)7-5-30)8-9-36(39)46(58)53-67(61,62)35-22-40(57(59)60)44-42(23-35)65-27-38(51-44)43-28-63-18-19-64-43/h4-9,11,13,20-23,29,38,43,51H,10,12,14-19,24-28H2,1-3H3,(H,50,52)(H,53,58)/t29-,38-,43+/m1/s1. The number of nitrogens with one attached hydrogen (secondary N) is 3. The van der Waals surface area contributed by atoms with Crippen LogP contribution in [0.3, 0.4) is 0 Å². The van der Waals surface area contributed by atoms with Gasteiger partial charge >= 0.3 is 0 Å². The van der Waals surface area contributed by atoms with Gasteiger partial charge in [-0.3, -0.25) is 19.8 Å². The van der Waals surface area contributed by atoms with Crippen LogP contribution in [-0.4, -0.2) is 118 Å². The number of fused-ring (bicyclic) bond motifs is 3. The molecule has 2 aromatic heterocycles. The molecule has 1 amide bonds. The van der Waals surface area contributed by atoms with E-state index in [1.807, 2.05) is 48.2 Å². The van der Waals surface area contributed by atoms with Gasteiger partial charge in [0.2, 0.25) is 5.88 Å². The summed E-state index contributed by atoms with van der Waals surface area (Å²) >= 11 is 6.27. The molecule has 2 fully saturated rings. The molecular weight excluding hydrogens is 900 g/mol. The third-order valence-electron chi connectivity index (χ3n) is 13.4. The summed E-state index contributed by atoms with van der Waals surface area (Å²) in [5.74, 6) is -0.592. The van der Waals surface area contributed by atoms with Crippen LogP contribution in [0.2, 0.25) is 5.02 Å². The van der Waals surface area contributed by atoms with Gasteiger partial charge in [-0.15, -0.1) is 0 Å². The second-order valence-electron chi connectivity index (χ2n) is 18.7. The molecule has 6 heterocycles. The molecule has 0 unspecified atom stereocenters. The number of carbonyl (C=O) groups excluding carboxylic acids is 1. The molecule has 19 heteroatoms. The number of benzene rings is 3. The molecule has 3 N–H and O–H groups in total. The van der Waals surface area contributed by atoms with E-state index in [1.54, 1.807) is 12.3 Å². The molecule has 3 aromatic carbocycles. The molecule has 0 bridgehead atoms. The molecule has 0 radical (unpaired) electrons. The number of pyridine rings is 1. The summed E-state index contributed by atoms with van der Waals surface area (Å²) in [5.41, 5.74) is 6.45. The van der Waals surface area contributed by atoms with Gasteiger partial charge < -0.3 is 39.0 Å². The highest BCUT2D eigenvalue weighted by Crippen LogP contribution is 2.45. The van der Waals surface area contributed by atoms with E-state index in [0.717, 1.165) is 74.1 Å². The lowest BCUT2D eigenvalue weighted by Gasteiger charge is -2.40. The molecule has 67 heavy (non-hydrogen) atoms. The monoisotopic (exact) mass is 952 g/mol. The van der Waals surface area contributed by atoms with Crippen molar-refractivity contribution in [3.63, 3.8) is 0 Å². The van der Waals surface area contributed by atoms with E-state index in [-0.39, 0.29) is 41.7 Å². The molecule has 3 atom stereocenters. The Hall–Kier alpha value is -5.92. The summed E-state index contributed by atoms with van der Waals surface area (Å²) in [6.07, 6.45) is 4.19. The molecule has 10 rings (SSSR count). The number of hydrogen-bond donors (Lipinski definition) is 3. The SMILES string of the molecule is C[C@@H]1CN(c2cc(N3CCN(CC4=C(c5ccc(Cl)cc5)CC(C)(C)CC4)CC3)ccc2C(=O)NS(=O)(=O)c2cc3c(c([N+](=O)[O-])c2)N[C@@H]([C@@H]2COCCO2)CO3)c2cc3cc[nH]c3nc2O1. The Morgan fingerprint density at radius 1 is 1.01 bits per heavy atom. The van der Waals surface area contributed by atoms with E-state index >= 15 is 0 Å². The molecule has 4 aliphatic heterocycles. The van der Waals surface area contributed by atoms with Crippen LogP contribution in [0.5, 0.6) is 11.6 Å². The van der Waals surface area contributed by atoms with Crippen LogP contribution < -0.4 is 29.3 Å². The van der Waals surface area contributed by atoms with Crippen LogP contribution in [0.4, 0.5) is 28.4 Å². The first-order valence-electron chi connectivity index (χ1n) is 22.7. The van der Waals surface area contributed by atoms with Gasteiger partial charge in [0.1, 0.15) is 30.1 Å². The number of H-pyrrole nitrogens is 1. The highest BCUT2D eigenvalue weighted by atomic mass is 35.5. The van der Waals surface area contributed by atoms with Crippen LogP contribution in [0.15, 0.2) is 83.4 Å². The number of nitro benzene ring substituents is 1. The quantitative estimate of drug-likeness (QED) is 0.0918. The number of piperazine rings is 1. The Bertz CT molecular complexity index is 2880. The Morgan fingerprint density at radius 3 is 2.58 bits per heavy atom. The number of amides is 1. The van der Waals surface area contributed by atoms with E-state index in [2.05, 4.69) is 50.8 Å². The third-order valence-corrected chi connectivity index (χ3v) is 15.0. The van der Waals surface area contributed by atoms with Gasteiger partial charge in [0.15, 0.2) is 11.4 Å². The molecule has 17 nitrogen and oxygen atoms in total. The van der Waals surface area contributed by atoms with Crippen molar-refractivity contribution in [3.8, 4) is 11.6 Å². The highest BCUT2D eigenvalue weighted by Gasteiger charge is 2.37. The summed E-state index contributed by atoms with van der Waals surface area (Å²) in [5, 5.41) is 17.1. The fourth-order valence-corrected chi connectivity index (χ4v) is 10.9. The van der Waals surface area contributed by atoms with Crippen LogP contribution in [0, 0.1) is 15.5 Å².